The van der Waals surface area contributed by atoms with Crippen molar-refractivity contribution >= 4 is 17.3 Å². The van der Waals surface area contributed by atoms with E-state index in [0.717, 1.165) is 22.7 Å². The highest BCUT2D eigenvalue weighted by molar-refractivity contribution is 6.18. The monoisotopic (exact) mass is 321 g/mol. The molecule has 2 rings (SSSR count). The summed E-state index contributed by atoms with van der Waals surface area (Å²) in [6.07, 6.45) is -0.555. The van der Waals surface area contributed by atoms with E-state index < -0.39 is 6.10 Å². The predicted octanol–water partition coefficient (Wildman–Crippen LogP) is 3.29. The third kappa shape index (κ3) is 5.13. The molecule has 0 saturated carbocycles. The van der Waals surface area contributed by atoms with Gasteiger partial charge in [-0.25, -0.2) is 0 Å². The Balaban J connectivity index is 1.89. The van der Waals surface area contributed by atoms with Crippen LogP contribution in [0.15, 0.2) is 48.5 Å². The summed E-state index contributed by atoms with van der Waals surface area (Å²) in [7, 11) is 1.63. The van der Waals surface area contributed by atoms with Crippen molar-refractivity contribution in [2.24, 2.45) is 0 Å². The Hall–Kier alpha value is -1.91. The van der Waals surface area contributed by atoms with Crippen molar-refractivity contribution in [3.05, 3.63) is 54.1 Å². The maximum absolute atomic E-state index is 9.45. The first-order valence-corrected chi connectivity index (χ1v) is 7.58. The molecular weight excluding hydrogens is 302 g/mol. The maximum atomic E-state index is 9.45. The molecule has 1 unspecified atom stereocenters. The molecule has 0 bridgehead atoms. The summed E-state index contributed by atoms with van der Waals surface area (Å²) < 4.78 is 10.8. The summed E-state index contributed by atoms with van der Waals surface area (Å²) in [5, 5.41) is 12.6. The van der Waals surface area contributed by atoms with Crippen LogP contribution in [0, 0.1) is 0 Å². The molecule has 0 spiro atoms. The summed E-state index contributed by atoms with van der Waals surface area (Å²) >= 11 is 5.57. The Bertz CT molecular complexity index is 574. The molecule has 0 fully saturated rings. The zero-order chi connectivity index (χ0) is 15.8. The van der Waals surface area contributed by atoms with Crippen LogP contribution >= 0.6 is 11.6 Å². The lowest BCUT2D eigenvalue weighted by atomic mass is 10.2. The van der Waals surface area contributed by atoms with Crippen LogP contribution in [0.2, 0.25) is 0 Å². The van der Waals surface area contributed by atoms with E-state index in [2.05, 4.69) is 5.32 Å². The summed E-state index contributed by atoms with van der Waals surface area (Å²) in [4.78, 5) is 0. The minimum atomic E-state index is -0.555. The third-order valence-electron chi connectivity index (χ3n) is 3.11. The molecule has 5 heteroatoms. The molecule has 118 valence electrons. The number of benzene rings is 2. The molecule has 1 atom stereocenters. The second kappa shape index (κ2) is 8.51. The number of ether oxygens (including phenoxy) is 2. The highest BCUT2D eigenvalue weighted by Crippen LogP contribution is 2.19. The second-order valence-electron chi connectivity index (χ2n) is 4.85. The van der Waals surface area contributed by atoms with E-state index in [9.17, 15) is 5.11 Å². The molecule has 0 aliphatic heterocycles. The second-order valence-corrected chi connectivity index (χ2v) is 5.16. The number of hydrogen-bond acceptors (Lipinski definition) is 4. The zero-order valence-corrected chi connectivity index (χ0v) is 13.2. The Morgan fingerprint density at radius 1 is 1.14 bits per heavy atom. The number of hydrogen-bond donors (Lipinski definition) is 2. The van der Waals surface area contributed by atoms with Crippen LogP contribution in [0.3, 0.4) is 0 Å². The van der Waals surface area contributed by atoms with Crippen molar-refractivity contribution in [3.8, 4) is 11.5 Å². The molecule has 4 nitrogen and oxygen atoms in total. The SMILES string of the molecule is COc1ccc(OCc2cccc(NCC(O)CCl)c2)cc1. The quantitative estimate of drug-likeness (QED) is 0.733. The van der Waals surface area contributed by atoms with Crippen molar-refractivity contribution in [3.63, 3.8) is 0 Å². The van der Waals surface area contributed by atoms with Crippen LogP contribution < -0.4 is 14.8 Å². The number of aliphatic hydroxyl groups excluding tert-OH is 1. The number of halogens is 1. The largest absolute Gasteiger partial charge is 0.497 e. The van der Waals surface area contributed by atoms with E-state index in [1.165, 1.54) is 0 Å². The lowest BCUT2D eigenvalue weighted by Crippen LogP contribution is -2.20. The maximum Gasteiger partial charge on any atom is 0.120 e. The summed E-state index contributed by atoms with van der Waals surface area (Å²) in [5.41, 5.74) is 1.97. The van der Waals surface area contributed by atoms with Crippen molar-refractivity contribution in [2.45, 2.75) is 12.7 Å². The fraction of sp³-hybridized carbons (Fsp3) is 0.294. The van der Waals surface area contributed by atoms with Crippen molar-refractivity contribution in [2.75, 3.05) is 24.9 Å². The number of nitrogens with one attached hydrogen (secondary N) is 1. The fourth-order valence-corrected chi connectivity index (χ4v) is 2.01. The van der Waals surface area contributed by atoms with Crippen molar-refractivity contribution in [1.82, 2.24) is 0 Å². The topological polar surface area (TPSA) is 50.7 Å². The van der Waals surface area contributed by atoms with Gasteiger partial charge in [0.05, 0.1) is 19.1 Å². The van der Waals surface area contributed by atoms with E-state index in [1.807, 2.05) is 48.5 Å². The van der Waals surface area contributed by atoms with Gasteiger partial charge >= 0.3 is 0 Å². The Labute approximate surface area is 135 Å². The smallest absolute Gasteiger partial charge is 0.120 e. The van der Waals surface area contributed by atoms with Gasteiger partial charge in [0.25, 0.3) is 0 Å². The van der Waals surface area contributed by atoms with Crippen LogP contribution in [0.25, 0.3) is 0 Å². The van der Waals surface area contributed by atoms with Gasteiger partial charge in [-0.1, -0.05) is 12.1 Å². The van der Waals surface area contributed by atoms with Crippen molar-refractivity contribution < 1.29 is 14.6 Å². The molecule has 0 radical (unpaired) electrons. The third-order valence-corrected chi connectivity index (χ3v) is 3.47. The van der Waals surface area contributed by atoms with Crippen LogP contribution in [-0.4, -0.2) is 30.7 Å². The number of alkyl halides is 1. The first-order valence-electron chi connectivity index (χ1n) is 7.05. The van der Waals surface area contributed by atoms with Crippen LogP contribution in [-0.2, 0) is 6.61 Å². The molecule has 0 saturated heterocycles. The summed E-state index contributed by atoms with van der Waals surface area (Å²) in [6, 6.07) is 15.3. The summed E-state index contributed by atoms with van der Waals surface area (Å²) in [5.74, 6) is 1.81. The number of aliphatic hydroxyl groups is 1. The molecule has 2 aromatic rings. The average molecular weight is 322 g/mol. The van der Waals surface area contributed by atoms with Crippen LogP contribution in [0.5, 0.6) is 11.5 Å². The standard InChI is InChI=1S/C17H20ClNO3/c1-21-16-5-7-17(8-6-16)22-12-13-3-2-4-14(9-13)19-11-15(20)10-18/h2-9,15,19-20H,10-12H2,1H3. The Morgan fingerprint density at radius 2 is 1.86 bits per heavy atom. The minimum absolute atomic E-state index is 0.216. The van der Waals surface area contributed by atoms with E-state index in [1.54, 1.807) is 7.11 Å². The van der Waals surface area contributed by atoms with E-state index in [4.69, 9.17) is 21.1 Å². The number of methoxy groups -OCH3 is 1. The molecule has 0 amide bonds. The molecule has 22 heavy (non-hydrogen) atoms. The molecule has 0 aliphatic carbocycles. The lowest BCUT2D eigenvalue weighted by molar-refractivity contribution is 0.211. The number of rotatable bonds is 8. The van der Waals surface area contributed by atoms with E-state index in [0.29, 0.717) is 13.2 Å². The van der Waals surface area contributed by atoms with Crippen LogP contribution in [0.1, 0.15) is 5.56 Å². The van der Waals surface area contributed by atoms with Gasteiger partial charge in [-0.3, -0.25) is 0 Å². The van der Waals surface area contributed by atoms with Crippen molar-refractivity contribution in [1.29, 1.82) is 0 Å². The molecule has 2 aromatic carbocycles. The van der Waals surface area contributed by atoms with Gasteiger partial charge in [0, 0.05) is 12.2 Å². The van der Waals surface area contributed by atoms with Gasteiger partial charge in [0.1, 0.15) is 18.1 Å². The van der Waals surface area contributed by atoms with E-state index in [-0.39, 0.29) is 5.88 Å². The van der Waals surface area contributed by atoms with Gasteiger partial charge in [0.15, 0.2) is 0 Å². The fourth-order valence-electron chi connectivity index (χ4n) is 1.90. The van der Waals surface area contributed by atoms with Gasteiger partial charge in [0.2, 0.25) is 0 Å². The zero-order valence-electron chi connectivity index (χ0n) is 12.5. The minimum Gasteiger partial charge on any atom is -0.497 e. The van der Waals surface area contributed by atoms with Gasteiger partial charge in [-0.05, 0) is 42.0 Å². The molecule has 0 aliphatic rings. The Morgan fingerprint density at radius 3 is 2.55 bits per heavy atom. The Kier molecular flexibility index (Phi) is 6.37. The van der Waals surface area contributed by atoms with Gasteiger partial charge in [-0.2, -0.15) is 0 Å². The molecule has 0 aromatic heterocycles. The first kappa shape index (κ1) is 16.5. The highest BCUT2D eigenvalue weighted by Gasteiger charge is 2.02. The molecule has 0 heterocycles. The average Bonchev–Trinajstić information content (AvgIpc) is 2.58. The predicted molar refractivity (Wildman–Crippen MR) is 89.0 cm³/mol. The lowest BCUT2D eigenvalue weighted by Gasteiger charge is -2.12. The highest BCUT2D eigenvalue weighted by atomic mass is 35.5. The first-order chi connectivity index (χ1) is 10.7. The number of anilines is 1. The summed E-state index contributed by atoms with van der Waals surface area (Å²) in [6.45, 7) is 0.895. The molecular formula is C17H20ClNO3. The molecule has 2 N–H and O–H groups in total. The van der Waals surface area contributed by atoms with Gasteiger partial charge in [-0.15, -0.1) is 11.6 Å². The normalized spacial score (nSPS) is 11.8. The van der Waals surface area contributed by atoms with Crippen LogP contribution in [0.4, 0.5) is 5.69 Å². The van der Waals surface area contributed by atoms with Gasteiger partial charge < -0.3 is 19.9 Å². The van der Waals surface area contributed by atoms with E-state index >= 15 is 0 Å².